The number of para-hydroxylation sites is 3. The Morgan fingerprint density at radius 3 is 1.77 bits per heavy atom. The van der Waals surface area contributed by atoms with Crippen molar-refractivity contribution in [1.29, 1.82) is 0 Å². The first-order valence-corrected chi connectivity index (χ1v) is 17.3. The van der Waals surface area contributed by atoms with E-state index in [0.29, 0.717) is 0 Å². The first-order valence-electron chi connectivity index (χ1n) is 17.3. The van der Waals surface area contributed by atoms with Gasteiger partial charge in [0, 0.05) is 92.8 Å². The minimum Gasteiger partial charge on any atom is -0.378 e. The van der Waals surface area contributed by atoms with E-state index in [1.54, 1.807) is 0 Å². The van der Waals surface area contributed by atoms with Crippen LogP contribution in [-0.4, -0.2) is 93.3 Å². The third-order valence-electron chi connectivity index (χ3n) is 12.0. The number of likely N-dealkylation sites (N-methyl/N-ethyl adjacent to an activating group) is 6. The SMILES string of the molecule is CN(C)C1=CC2=C3C=C(N(C)Cc4cccc5c4N(C)C4(CCCCC46N(C)c4ccccc4N6C)N5C)C=CN3CCCN2C=C1. The maximum Gasteiger partial charge on any atom is 0.155 e. The molecule has 2 spiro atoms. The predicted molar refractivity (Wildman–Crippen MR) is 195 cm³/mol. The van der Waals surface area contributed by atoms with Crippen molar-refractivity contribution in [3.05, 3.63) is 108 Å². The molecule has 8 nitrogen and oxygen atoms in total. The average Bonchev–Trinajstić information content (AvgIpc) is 3.32. The fourth-order valence-electron chi connectivity index (χ4n) is 9.66. The molecule has 5 heterocycles. The van der Waals surface area contributed by atoms with Crippen LogP contribution < -0.4 is 19.6 Å². The molecule has 0 aromatic heterocycles. The summed E-state index contributed by atoms with van der Waals surface area (Å²) < 4.78 is 0. The summed E-state index contributed by atoms with van der Waals surface area (Å²) in [6.45, 7) is 2.89. The lowest BCUT2D eigenvalue weighted by molar-refractivity contribution is 0.148. The highest BCUT2D eigenvalue weighted by Crippen LogP contribution is 2.61. The van der Waals surface area contributed by atoms with Crippen molar-refractivity contribution in [2.45, 2.75) is 50.0 Å². The Kier molecular flexibility index (Phi) is 6.87. The number of nitrogens with zero attached hydrogens (tertiary/aromatic N) is 8. The maximum absolute atomic E-state index is 2.66. The van der Waals surface area contributed by atoms with Gasteiger partial charge in [-0.05, 0) is 80.2 Å². The van der Waals surface area contributed by atoms with Gasteiger partial charge < -0.3 is 39.2 Å². The second-order valence-electron chi connectivity index (χ2n) is 14.4. The third kappa shape index (κ3) is 4.06. The van der Waals surface area contributed by atoms with Crippen LogP contribution in [0.15, 0.2) is 102 Å². The number of fused-ring (bicyclic) bond motifs is 5. The van der Waals surface area contributed by atoms with Gasteiger partial charge in [-0.1, -0.05) is 24.3 Å². The van der Waals surface area contributed by atoms with E-state index >= 15 is 0 Å². The van der Waals surface area contributed by atoms with Gasteiger partial charge in [-0.3, -0.25) is 0 Å². The Morgan fingerprint density at radius 1 is 0.617 bits per heavy atom. The fourth-order valence-corrected chi connectivity index (χ4v) is 9.66. The van der Waals surface area contributed by atoms with Crippen molar-refractivity contribution in [2.24, 2.45) is 0 Å². The van der Waals surface area contributed by atoms with Gasteiger partial charge in [-0.25, -0.2) is 0 Å². The zero-order valence-corrected chi connectivity index (χ0v) is 29.2. The largest absolute Gasteiger partial charge is 0.378 e. The van der Waals surface area contributed by atoms with Gasteiger partial charge >= 0.3 is 0 Å². The monoisotopic (exact) mass is 630 g/mol. The fraction of sp³-hybridized carbons (Fsp3) is 0.436. The molecule has 2 aromatic rings. The van der Waals surface area contributed by atoms with E-state index in [9.17, 15) is 0 Å². The van der Waals surface area contributed by atoms with Crippen LogP contribution in [0.25, 0.3) is 0 Å². The van der Waals surface area contributed by atoms with E-state index in [1.165, 1.54) is 63.9 Å². The minimum absolute atomic E-state index is 0.189. The summed E-state index contributed by atoms with van der Waals surface area (Å²) in [4.78, 5) is 19.9. The maximum atomic E-state index is 2.66. The molecule has 8 rings (SSSR count). The van der Waals surface area contributed by atoms with Gasteiger partial charge in [-0.15, -0.1) is 0 Å². The topological polar surface area (TPSA) is 25.9 Å². The van der Waals surface area contributed by atoms with Crippen LogP contribution in [0.4, 0.5) is 22.7 Å². The molecule has 1 fully saturated rings. The van der Waals surface area contributed by atoms with Gasteiger partial charge in [-0.2, -0.15) is 0 Å². The van der Waals surface area contributed by atoms with Gasteiger partial charge in [0.2, 0.25) is 0 Å². The van der Waals surface area contributed by atoms with E-state index in [-0.39, 0.29) is 11.3 Å². The van der Waals surface area contributed by atoms with Crippen LogP contribution in [0.3, 0.4) is 0 Å². The van der Waals surface area contributed by atoms with Crippen LogP contribution in [0.1, 0.15) is 37.7 Å². The zero-order chi connectivity index (χ0) is 32.7. The Hall–Kier alpha value is -4.46. The zero-order valence-electron chi connectivity index (χ0n) is 29.2. The molecule has 0 amide bonds. The van der Waals surface area contributed by atoms with Crippen molar-refractivity contribution in [3.8, 4) is 0 Å². The second kappa shape index (κ2) is 10.8. The summed E-state index contributed by atoms with van der Waals surface area (Å²) in [6.07, 6.45) is 19.6. The number of anilines is 4. The Morgan fingerprint density at radius 2 is 1.15 bits per heavy atom. The molecule has 1 saturated carbocycles. The van der Waals surface area contributed by atoms with Crippen LogP contribution in [0.5, 0.6) is 0 Å². The lowest BCUT2D eigenvalue weighted by Crippen LogP contribution is -2.79. The van der Waals surface area contributed by atoms with Gasteiger partial charge in [0.05, 0.1) is 34.1 Å². The molecule has 246 valence electrons. The van der Waals surface area contributed by atoms with E-state index < -0.39 is 0 Å². The van der Waals surface area contributed by atoms with Crippen LogP contribution in [0.2, 0.25) is 0 Å². The van der Waals surface area contributed by atoms with Crippen molar-refractivity contribution in [1.82, 2.24) is 19.6 Å². The molecule has 1 atom stereocenters. The molecule has 2 aromatic carbocycles. The van der Waals surface area contributed by atoms with Crippen LogP contribution >= 0.6 is 0 Å². The van der Waals surface area contributed by atoms with E-state index in [1.807, 2.05) is 0 Å². The lowest BCUT2D eigenvalue weighted by Gasteiger charge is -2.62. The second-order valence-corrected chi connectivity index (χ2v) is 14.4. The normalized spacial score (nSPS) is 24.0. The number of allylic oxidation sites excluding steroid dienone is 4. The molecular weight excluding hydrogens is 580 g/mol. The third-order valence-corrected chi connectivity index (χ3v) is 12.0. The summed E-state index contributed by atoms with van der Waals surface area (Å²) in [5.41, 5.74) is 11.3. The molecule has 0 saturated heterocycles. The van der Waals surface area contributed by atoms with Crippen molar-refractivity contribution in [3.63, 3.8) is 0 Å². The van der Waals surface area contributed by atoms with Crippen molar-refractivity contribution in [2.75, 3.05) is 82.0 Å². The summed E-state index contributed by atoms with van der Waals surface area (Å²) in [7, 11) is 15.8. The number of hydrogen-bond acceptors (Lipinski definition) is 8. The highest BCUT2D eigenvalue weighted by atomic mass is 15.6. The minimum atomic E-state index is -0.212. The molecule has 8 heteroatoms. The molecule has 0 bridgehead atoms. The molecule has 47 heavy (non-hydrogen) atoms. The van der Waals surface area contributed by atoms with E-state index in [0.717, 1.165) is 38.9 Å². The Balaban J connectivity index is 1.15. The van der Waals surface area contributed by atoms with E-state index in [2.05, 4.69) is 168 Å². The standard InChI is InChI=1S/C39H50N8/c1-40(2)30-18-24-46-22-13-23-47-25-19-31(27-36(47)35(46)26-30)41(3)28-29-14-12-17-34-37(29)45(7)39(44(34)6)21-11-10-20-38(39)42(4)32-15-8-9-16-33(32)43(38)5/h8-9,12,14-19,24-27H,10-11,13,20-23,28H2,1-7H3. The molecule has 1 unspecified atom stereocenters. The predicted octanol–water partition coefficient (Wildman–Crippen LogP) is 6.16. The Bertz CT molecular complexity index is 1720. The quantitative estimate of drug-likeness (QED) is 0.397. The highest BCUT2D eigenvalue weighted by molar-refractivity contribution is 5.87. The number of rotatable bonds is 4. The number of hydrogen-bond donors (Lipinski definition) is 0. The van der Waals surface area contributed by atoms with Crippen LogP contribution in [-0.2, 0) is 6.54 Å². The van der Waals surface area contributed by atoms with Crippen molar-refractivity contribution >= 4 is 22.7 Å². The summed E-state index contributed by atoms with van der Waals surface area (Å²) >= 11 is 0. The number of benzene rings is 2. The lowest BCUT2D eigenvalue weighted by atomic mass is 9.75. The Labute approximate surface area is 281 Å². The summed E-state index contributed by atoms with van der Waals surface area (Å²) in [5, 5.41) is 0. The van der Waals surface area contributed by atoms with Gasteiger partial charge in [0.1, 0.15) is 0 Å². The average molecular weight is 631 g/mol. The highest BCUT2D eigenvalue weighted by Gasteiger charge is 2.67. The van der Waals surface area contributed by atoms with Crippen molar-refractivity contribution < 1.29 is 0 Å². The smallest absolute Gasteiger partial charge is 0.155 e. The molecule has 6 aliphatic rings. The van der Waals surface area contributed by atoms with Gasteiger partial charge in [0.25, 0.3) is 0 Å². The summed E-state index contributed by atoms with van der Waals surface area (Å²) in [5.74, 6) is 0. The summed E-state index contributed by atoms with van der Waals surface area (Å²) in [6, 6.07) is 15.9. The molecule has 5 aliphatic heterocycles. The van der Waals surface area contributed by atoms with Gasteiger partial charge in [0.15, 0.2) is 11.3 Å². The molecular formula is C39H50N8. The first kappa shape index (κ1) is 29.9. The molecule has 1 aliphatic carbocycles. The van der Waals surface area contributed by atoms with Crippen LogP contribution in [0, 0.1) is 0 Å². The van der Waals surface area contributed by atoms with E-state index in [4.69, 9.17) is 0 Å². The first-order chi connectivity index (χ1) is 22.7. The molecule has 0 radical (unpaired) electrons. The molecule has 0 N–H and O–H groups in total.